The zero-order valence-electron chi connectivity index (χ0n) is 62.3. The number of benzene rings is 2. The van der Waals surface area contributed by atoms with Crippen LogP contribution in [0.4, 0.5) is 11.6 Å². The van der Waals surface area contributed by atoms with Crippen LogP contribution in [-0.2, 0) is 62.7 Å². The predicted molar refractivity (Wildman–Crippen MR) is 390 cm³/mol. The van der Waals surface area contributed by atoms with Crippen LogP contribution in [-0.4, -0.2) is 127 Å². The summed E-state index contributed by atoms with van der Waals surface area (Å²) in [6.45, 7) is 30.1. The number of aromatic carboxylic acids is 1. The molecule has 4 aromatic heterocycles. The minimum atomic E-state index is -0.955. The molecule has 0 saturated heterocycles. The number of aromatic nitrogens is 6. The number of azide groups is 2. The zero-order valence-corrected chi connectivity index (χ0v) is 62.3. The van der Waals surface area contributed by atoms with Crippen LogP contribution in [0.25, 0.3) is 43.1 Å². The van der Waals surface area contributed by atoms with E-state index in [0.717, 1.165) is 128 Å². The Balaban J connectivity index is 0.000000183. The fourth-order valence-electron chi connectivity index (χ4n) is 22.1. The number of anilines is 2. The second-order valence-electron chi connectivity index (χ2n) is 35.1. The van der Waals surface area contributed by atoms with Crippen molar-refractivity contribution in [3.05, 3.63) is 150 Å². The molecule has 546 valence electrons. The Morgan fingerprint density at radius 1 is 0.534 bits per heavy atom. The number of carboxylic acid groups (broad SMARTS) is 1. The molecule has 16 rings (SSSR count). The normalized spacial score (nSPS) is 27.7. The first-order valence-corrected chi connectivity index (χ1v) is 36.5. The van der Waals surface area contributed by atoms with Gasteiger partial charge in [0.05, 0.1) is 55.0 Å². The van der Waals surface area contributed by atoms with Gasteiger partial charge in [-0.1, -0.05) is 62.2 Å². The molecule has 0 spiro atoms. The van der Waals surface area contributed by atoms with E-state index in [0.29, 0.717) is 87.2 Å². The standard InChI is InChI=1S/C40H51N7O5.C39H49N7O5/c1-26-30(17-43-47(26)25-39-20-37(5)19-38(6,21-39)23-40(22-37,24-39)51-16-14-42-45-41)28-11-12-32(44-33(28)35(49)52-36(2,3)4)46-15-13-27-9-8-10-29(31(27)18-46)34(48)50-7;1-25-29(16-42-46(25)24-38-19-36(5)18-37(6,20-38)22-39(21-36,23-38)50-15-13-41-44-40)27-10-11-31(43-32(27)34(49)51-35(2,3)4)45-14-12-26-8-7-9-28(33(47)48)30(26)17-45/h8-12,17H,13-16,18-25H2,1-7H3;7-11,16H,12-15,17-24H2,1-6H3,(H,47,48). The van der Waals surface area contributed by atoms with Crippen LogP contribution in [0.2, 0.25) is 0 Å². The quantitative estimate of drug-likeness (QED) is 0.0185. The molecule has 0 radical (unpaired) electrons. The number of carbonyl (C=O) groups excluding carboxylic acids is 3. The molecule has 4 unspecified atom stereocenters. The summed E-state index contributed by atoms with van der Waals surface area (Å²) in [7, 11) is 1.39. The number of methoxy groups -OCH3 is 1. The highest BCUT2D eigenvalue weighted by molar-refractivity contribution is 5.98. The van der Waals surface area contributed by atoms with Crippen molar-refractivity contribution in [3.8, 4) is 22.3 Å². The number of carbonyl (C=O) groups is 4. The maximum Gasteiger partial charge on any atom is 0.358 e. The molecular weight excluding hydrogens is 1300 g/mol. The van der Waals surface area contributed by atoms with Crippen molar-refractivity contribution in [1.29, 1.82) is 0 Å². The minimum Gasteiger partial charge on any atom is -0.478 e. The summed E-state index contributed by atoms with van der Waals surface area (Å²) in [5, 5.41) is 27.2. The van der Waals surface area contributed by atoms with Crippen molar-refractivity contribution in [1.82, 2.24) is 29.5 Å². The average molecular weight is 1410 g/mol. The van der Waals surface area contributed by atoms with Crippen molar-refractivity contribution in [2.24, 2.45) is 42.7 Å². The van der Waals surface area contributed by atoms with E-state index in [1.54, 1.807) is 18.2 Å². The van der Waals surface area contributed by atoms with E-state index in [1.165, 1.54) is 20.0 Å². The minimum absolute atomic E-state index is 0.000256. The summed E-state index contributed by atoms with van der Waals surface area (Å²) in [4.78, 5) is 72.2. The summed E-state index contributed by atoms with van der Waals surface area (Å²) in [6.07, 6.45) is 17.9. The number of rotatable bonds is 20. The molecule has 1 N–H and O–H groups in total. The highest BCUT2D eigenvalue weighted by Crippen LogP contribution is 2.73. The van der Waals surface area contributed by atoms with Crippen molar-refractivity contribution >= 4 is 35.5 Å². The Bertz CT molecular complexity index is 4420. The van der Waals surface area contributed by atoms with E-state index in [1.807, 2.05) is 101 Å². The molecule has 0 amide bonds. The van der Waals surface area contributed by atoms with Crippen molar-refractivity contribution < 1.29 is 48.0 Å². The van der Waals surface area contributed by atoms with Crippen LogP contribution in [0.15, 0.2) is 83.3 Å². The molecule has 8 aliphatic carbocycles. The lowest BCUT2D eigenvalue weighted by molar-refractivity contribution is -0.247. The summed E-state index contributed by atoms with van der Waals surface area (Å²) < 4.78 is 34.4. The van der Waals surface area contributed by atoms with Gasteiger partial charge in [0.2, 0.25) is 0 Å². The molecule has 24 nitrogen and oxygen atoms in total. The van der Waals surface area contributed by atoms with Crippen LogP contribution in [0.5, 0.6) is 0 Å². The van der Waals surface area contributed by atoms with Crippen LogP contribution in [0.1, 0.15) is 222 Å². The molecule has 8 fully saturated rings. The van der Waals surface area contributed by atoms with Gasteiger partial charge in [-0.2, -0.15) is 10.2 Å². The molecule has 4 atom stereocenters. The molecule has 8 saturated carbocycles. The van der Waals surface area contributed by atoms with Crippen molar-refractivity contribution in [2.45, 2.75) is 222 Å². The molecule has 24 heteroatoms. The van der Waals surface area contributed by atoms with Crippen molar-refractivity contribution in [3.63, 3.8) is 0 Å². The van der Waals surface area contributed by atoms with Gasteiger partial charge in [-0.25, -0.2) is 29.1 Å². The summed E-state index contributed by atoms with van der Waals surface area (Å²) in [6, 6.07) is 18.9. The van der Waals surface area contributed by atoms with E-state index in [2.05, 4.69) is 75.9 Å². The van der Waals surface area contributed by atoms with Crippen LogP contribution >= 0.6 is 0 Å². The molecule has 2 aromatic carbocycles. The summed E-state index contributed by atoms with van der Waals surface area (Å²) in [5.74, 6) is -1.10. The Hall–Kier alpha value is -8.82. The van der Waals surface area contributed by atoms with Gasteiger partial charge >= 0.3 is 23.9 Å². The molecule has 2 aliphatic heterocycles. The smallest absolute Gasteiger partial charge is 0.358 e. The Morgan fingerprint density at radius 2 is 0.932 bits per heavy atom. The van der Waals surface area contributed by atoms with Gasteiger partial charge in [-0.05, 0) is 247 Å². The molecule has 103 heavy (non-hydrogen) atoms. The van der Waals surface area contributed by atoms with E-state index in [9.17, 15) is 24.3 Å². The monoisotopic (exact) mass is 1400 g/mol. The fraction of sp³-hybridized carbons (Fsp3) is 0.595. The highest BCUT2D eigenvalue weighted by Gasteiger charge is 2.68. The third kappa shape index (κ3) is 14.7. The second-order valence-corrected chi connectivity index (χ2v) is 35.1. The number of ether oxygens (including phenoxy) is 5. The van der Waals surface area contributed by atoms with Gasteiger partial charge < -0.3 is 38.6 Å². The number of fused-ring (bicyclic) bond motifs is 2. The van der Waals surface area contributed by atoms with E-state index >= 15 is 0 Å². The first kappa shape index (κ1) is 72.5. The first-order valence-electron chi connectivity index (χ1n) is 36.5. The number of esters is 3. The second kappa shape index (κ2) is 26.7. The zero-order chi connectivity index (χ0) is 73.5. The SMILES string of the molecule is COC(=O)c1cccc2c1CN(c1ccc(-c3cnn(CC45CC6(C)CC(C)(C4)CC(OCCN=[N+]=[N-])(C6)C5)c3C)c(C(=O)OC(C)(C)C)n1)CC2.Cc1c(-c2ccc(N3CCc4cccc(C(=O)O)c4C3)nc2C(=O)OC(C)(C)C)cnn1CC12CC3(C)CC(C)(C1)CC(OCCN=[N+]=[N-])(C3)C2. The van der Waals surface area contributed by atoms with E-state index < -0.39 is 29.1 Å². The number of hydrogen-bond acceptors (Lipinski definition) is 17. The molecule has 6 heterocycles. The fourth-order valence-corrected chi connectivity index (χ4v) is 22.1. The van der Waals surface area contributed by atoms with Gasteiger partial charge in [0.1, 0.15) is 22.8 Å². The van der Waals surface area contributed by atoms with Gasteiger partial charge in [-0.15, -0.1) is 0 Å². The Kier molecular flexibility index (Phi) is 18.8. The molecule has 10 aliphatic rings. The topological polar surface area (TPSA) is 300 Å². The van der Waals surface area contributed by atoms with Gasteiger partial charge in [0, 0.05) is 95.8 Å². The average Bonchev–Trinajstić information content (AvgIpc) is 0.738. The molecule has 6 aromatic rings. The Morgan fingerprint density at radius 3 is 1.31 bits per heavy atom. The largest absolute Gasteiger partial charge is 0.478 e. The van der Waals surface area contributed by atoms with Gasteiger partial charge in [0.25, 0.3) is 0 Å². The van der Waals surface area contributed by atoms with Gasteiger partial charge in [0.15, 0.2) is 11.4 Å². The van der Waals surface area contributed by atoms with E-state index in [-0.39, 0.29) is 66.6 Å². The third-order valence-corrected chi connectivity index (χ3v) is 23.2. The maximum atomic E-state index is 13.9. The first-order chi connectivity index (χ1) is 48.6. The Labute approximate surface area is 603 Å². The van der Waals surface area contributed by atoms with Crippen LogP contribution in [0, 0.1) is 46.3 Å². The van der Waals surface area contributed by atoms with Crippen LogP contribution in [0.3, 0.4) is 0 Å². The number of nitrogens with zero attached hydrogens (tertiary/aromatic N) is 14. The lowest BCUT2D eigenvalue weighted by Crippen LogP contribution is -2.64. The lowest BCUT2D eigenvalue weighted by atomic mass is 9.39. The van der Waals surface area contributed by atoms with E-state index in [4.69, 9.17) is 54.9 Å². The molecule has 8 bridgehead atoms. The third-order valence-electron chi connectivity index (χ3n) is 23.2. The number of hydrogen-bond donors (Lipinski definition) is 1. The van der Waals surface area contributed by atoms with Gasteiger partial charge in [-0.3, -0.25) is 9.36 Å². The lowest BCUT2D eigenvalue weighted by Gasteiger charge is -2.69. The summed E-state index contributed by atoms with van der Waals surface area (Å²) in [5.41, 5.74) is 26.4. The van der Waals surface area contributed by atoms with Crippen molar-refractivity contribution in [2.75, 3.05) is 56.3 Å². The summed E-state index contributed by atoms with van der Waals surface area (Å²) >= 11 is 0. The molecular formula is C79H100N14O10. The van der Waals surface area contributed by atoms with Crippen LogP contribution < -0.4 is 9.80 Å². The number of pyridine rings is 2. The predicted octanol–water partition coefficient (Wildman–Crippen LogP) is 15.9. The highest BCUT2D eigenvalue weighted by atomic mass is 16.6. The number of carboxylic acids is 1. The maximum absolute atomic E-state index is 13.9.